The van der Waals surface area contributed by atoms with Crippen LogP contribution >= 0.6 is 11.3 Å². The van der Waals surface area contributed by atoms with E-state index in [1.807, 2.05) is 60.0 Å². The second-order valence-electron chi connectivity index (χ2n) is 6.98. The molecule has 142 valence electrons. The van der Waals surface area contributed by atoms with Crippen molar-refractivity contribution in [1.82, 2.24) is 4.90 Å². The highest BCUT2D eigenvalue weighted by Crippen LogP contribution is 2.43. The number of thiophene rings is 1. The van der Waals surface area contributed by atoms with E-state index in [0.29, 0.717) is 5.56 Å². The molecule has 0 fully saturated rings. The first-order valence-electron chi connectivity index (χ1n) is 9.39. The lowest BCUT2D eigenvalue weighted by molar-refractivity contribution is -0.119. The Morgan fingerprint density at radius 2 is 1.82 bits per heavy atom. The minimum Gasteiger partial charge on any atom is -0.333 e. The van der Waals surface area contributed by atoms with Gasteiger partial charge in [-0.25, -0.2) is 0 Å². The third kappa shape index (κ3) is 3.22. The summed E-state index contributed by atoms with van der Waals surface area (Å²) in [4.78, 5) is 29.0. The fourth-order valence-corrected chi connectivity index (χ4v) is 4.72. The zero-order valence-corrected chi connectivity index (χ0v) is 16.7. The zero-order chi connectivity index (χ0) is 19.7. The van der Waals surface area contributed by atoms with Crippen LogP contribution < -0.4 is 5.32 Å². The van der Waals surface area contributed by atoms with Crippen molar-refractivity contribution < 1.29 is 9.59 Å². The summed E-state index contributed by atoms with van der Waals surface area (Å²) in [6.07, 6.45) is 0.956. The van der Waals surface area contributed by atoms with Crippen LogP contribution in [0.25, 0.3) is 0 Å². The van der Waals surface area contributed by atoms with Crippen molar-refractivity contribution in [3.63, 3.8) is 0 Å². The molecule has 3 aromatic rings. The third-order valence-corrected chi connectivity index (χ3v) is 6.27. The number of nitrogens with zero attached hydrogens (tertiary/aromatic N) is 1. The molecule has 0 aliphatic carbocycles. The molecule has 5 heteroatoms. The lowest BCUT2D eigenvalue weighted by Gasteiger charge is -2.39. The number of likely N-dealkylation sites (N-methyl/N-ethyl adjacent to an activating group) is 1. The molecule has 2 aromatic carbocycles. The third-order valence-electron chi connectivity index (χ3n) is 5.33. The van der Waals surface area contributed by atoms with Gasteiger partial charge in [0.1, 0.15) is 0 Å². The summed E-state index contributed by atoms with van der Waals surface area (Å²) in [7, 11) is 1.78. The molecule has 2 heterocycles. The Labute approximate surface area is 168 Å². The molecule has 0 radical (unpaired) electrons. The number of aryl methyl sites for hydroxylation is 1. The number of hydrogen-bond donors (Lipinski definition) is 1. The van der Waals surface area contributed by atoms with Gasteiger partial charge in [-0.1, -0.05) is 43.3 Å². The quantitative estimate of drug-likeness (QED) is 0.692. The molecule has 0 saturated carbocycles. The molecule has 0 spiro atoms. The van der Waals surface area contributed by atoms with Gasteiger partial charge in [0, 0.05) is 23.2 Å². The van der Waals surface area contributed by atoms with Crippen LogP contribution in [0.3, 0.4) is 0 Å². The Morgan fingerprint density at radius 3 is 2.50 bits per heavy atom. The Bertz CT molecular complexity index is 996. The normalized spacial score (nSPS) is 18.6. The van der Waals surface area contributed by atoms with Gasteiger partial charge in [0.15, 0.2) is 0 Å². The van der Waals surface area contributed by atoms with Crippen LogP contribution in [0.2, 0.25) is 0 Å². The van der Waals surface area contributed by atoms with Crippen LogP contribution in [0.15, 0.2) is 66.0 Å². The second-order valence-corrected chi connectivity index (χ2v) is 7.96. The zero-order valence-electron chi connectivity index (χ0n) is 15.9. The first-order chi connectivity index (χ1) is 13.6. The van der Waals surface area contributed by atoms with Crippen LogP contribution in [0.5, 0.6) is 0 Å². The maximum atomic E-state index is 13.4. The number of benzene rings is 2. The molecule has 0 unspecified atom stereocenters. The van der Waals surface area contributed by atoms with Gasteiger partial charge in [-0.3, -0.25) is 9.59 Å². The topological polar surface area (TPSA) is 49.4 Å². The van der Waals surface area contributed by atoms with Gasteiger partial charge in [0.05, 0.1) is 12.0 Å². The predicted molar refractivity (Wildman–Crippen MR) is 113 cm³/mol. The van der Waals surface area contributed by atoms with E-state index in [4.69, 9.17) is 0 Å². The van der Waals surface area contributed by atoms with Gasteiger partial charge in [-0.05, 0) is 47.2 Å². The maximum Gasteiger partial charge on any atom is 0.254 e. The SMILES string of the molecule is CCc1ccc(NC(=O)[C@H]2c3ccccc3C(=O)N(C)[C@@H]2c2cccs2)cc1. The fraction of sp³-hybridized carbons (Fsp3) is 0.217. The van der Waals surface area contributed by atoms with Crippen LogP contribution in [0.4, 0.5) is 5.69 Å². The molecule has 0 bridgehead atoms. The molecular weight excluding hydrogens is 368 g/mol. The smallest absolute Gasteiger partial charge is 0.254 e. The van der Waals surface area contributed by atoms with E-state index in [1.54, 1.807) is 29.4 Å². The fourth-order valence-electron chi connectivity index (χ4n) is 3.82. The number of hydrogen-bond acceptors (Lipinski definition) is 3. The lowest BCUT2D eigenvalue weighted by atomic mass is 9.81. The van der Waals surface area contributed by atoms with E-state index in [2.05, 4.69) is 12.2 Å². The number of amides is 2. The number of anilines is 1. The van der Waals surface area contributed by atoms with E-state index in [0.717, 1.165) is 22.5 Å². The van der Waals surface area contributed by atoms with Crippen molar-refractivity contribution in [2.45, 2.75) is 25.3 Å². The Balaban J connectivity index is 1.74. The van der Waals surface area contributed by atoms with Crippen molar-refractivity contribution in [2.24, 2.45) is 0 Å². The standard InChI is InChI=1S/C23H22N2O2S/c1-3-15-10-12-16(13-11-15)24-22(26)20-17-7-4-5-8-18(17)23(27)25(2)21(20)19-9-6-14-28-19/h4-14,20-21H,3H2,1-2H3,(H,24,26)/t20-,21+/m0/s1. The second kappa shape index (κ2) is 7.60. The maximum absolute atomic E-state index is 13.4. The number of carbonyl (C=O) groups is 2. The minimum atomic E-state index is -0.469. The van der Waals surface area contributed by atoms with Crippen LogP contribution in [-0.4, -0.2) is 23.8 Å². The molecule has 0 saturated heterocycles. The minimum absolute atomic E-state index is 0.0506. The summed E-state index contributed by atoms with van der Waals surface area (Å²) >= 11 is 1.57. The molecular formula is C23H22N2O2S. The summed E-state index contributed by atoms with van der Waals surface area (Å²) in [6, 6.07) is 19.0. The van der Waals surface area contributed by atoms with E-state index < -0.39 is 5.92 Å². The van der Waals surface area contributed by atoms with Crippen molar-refractivity contribution in [3.8, 4) is 0 Å². The van der Waals surface area contributed by atoms with Gasteiger partial charge >= 0.3 is 0 Å². The molecule has 2 amide bonds. The van der Waals surface area contributed by atoms with Gasteiger partial charge in [0.2, 0.25) is 5.91 Å². The first kappa shape index (κ1) is 18.4. The molecule has 4 rings (SSSR count). The monoisotopic (exact) mass is 390 g/mol. The lowest BCUT2D eigenvalue weighted by Crippen LogP contribution is -2.43. The van der Waals surface area contributed by atoms with Crippen molar-refractivity contribution in [1.29, 1.82) is 0 Å². The molecule has 28 heavy (non-hydrogen) atoms. The number of rotatable bonds is 4. The summed E-state index contributed by atoms with van der Waals surface area (Å²) < 4.78 is 0. The van der Waals surface area contributed by atoms with Gasteiger partial charge in [-0.2, -0.15) is 0 Å². The van der Waals surface area contributed by atoms with Crippen LogP contribution in [-0.2, 0) is 11.2 Å². The molecule has 1 N–H and O–H groups in total. The molecule has 1 aliphatic heterocycles. The summed E-state index contributed by atoms with van der Waals surface area (Å²) in [5.74, 6) is -0.622. The Hall–Kier alpha value is -2.92. The highest BCUT2D eigenvalue weighted by atomic mass is 32.1. The highest BCUT2D eigenvalue weighted by molar-refractivity contribution is 7.10. The highest BCUT2D eigenvalue weighted by Gasteiger charge is 2.43. The van der Waals surface area contributed by atoms with Gasteiger partial charge < -0.3 is 10.2 Å². The number of nitrogens with one attached hydrogen (secondary N) is 1. The van der Waals surface area contributed by atoms with Crippen molar-refractivity contribution in [3.05, 3.63) is 87.6 Å². The van der Waals surface area contributed by atoms with Crippen molar-refractivity contribution >= 4 is 28.8 Å². The predicted octanol–water partition coefficient (Wildman–Crippen LogP) is 4.86. The molecule has 4 nitrogen and oxygen atoms in total. The number of fused-ring (bicyclic) bond motifs is 1. The largest absolute Gasteiger partial charge is 0.333 e. The molecule has 1 aromatic heterocycles. The molecule has 2 atom stereocenters. The number of carbonyl (C=O) groups excluding carboxylic acids is 2. The average Bonchev–Trinajstić information content (AvgIpc) is 3.25. The van der Waals surface area contributed by atoms with E-state index in [-0.39, 0.29) is 17.9 Å². The van der Waals surface area contributed by atoms with Gasteiger partial charge in [0.25, 0.3) is 5.91 Å². The Kier molecular flexibility index (Phi) is 5.01. The van der Waals surface area contributed by atoms with Crippen LogP contribution in [0, 0.1) is 0 Å². The molecule has 1 aliphatic rings. The van der Waals surface area contributed by atoms with E-state index in [9.17, 15) is 9.59 Å². The van der Waals surface area contributed by atoms with E-state index >= 15 is 0 Å². The van der Waals surface area contributed by atoms with Gasteiger partial charge in [-0.15, -0.1) is 11.3 Å². The van der Waals surface area contributed by atoms with Crippen molar-refractivity contribution in [2.75, 3.05) is 12.4 Å². The van der Waals surface area contributed by atoms with E-state index in [1.165, 1.54) is 5.56 Å². The summed E-state index contributed by atoms with van der Waals surface area (Å²) in [5.41, 5.74) is 3.37. The Morgan fingerprint density at radius 1 is 1.07 bits per heavy atom. The first-order valence-corrected chi connectivity index (χ1v) is 10.3. The average molecular weight is 391 g/mol. The van der Waals surface area contributed by atoms with Crippen LogP contribution in [0.1, 0.15) is 45.2 Å². The summed E-state index contributed by atoms with van der Waals surface area (Å²) in [6.45, 7) is 2.10. The summed E-state index contributed by atoms with van der Waals surface area (Å²) in [5, 5.41) is 5.04.